The summed E-state index contributed by atoms with van der Waals surface area (Å²) in [6.45, 7) is 2.59. The Morgan fingerprint density at radius 2 is 2.03 bits per heavy atom. The van der Waals surface area contributed by atoms with Crippen molar-refractivity contribution in [2.45, 2.75) is 44.9 Å². The minimum absolute atomic E-state index is 0.234. The highest BCUT2D eigenvalue weighted by atomic mass is 16.5. The molecule has 0 radical (unpaired) electrons. The van der Waals surface area contributed by atoms with E-state index in [1.165, 1.54) is 5.56 Å². The second-order valence-corrected chi connectivity index (χ2v) is 9.20. The number of carboxylic acid groups (broad SMARTS) is 1. The predicted octanol–water partition coefficient (Wildman–Crippen LogP) is 4.40. The van der Waals surface area contributed by atoms with Crippen LogP contribution in [0, 0.1) is 11.8 Å². The topological polar surface area (TPSA) is 88.4 Å². The first-order chi connectivity index (χ1) is 16.6. The normalized spacial score (nSPS) is 18.7. The number of hydrogen-bond donors (Lipinski definition) is 1. The highest BCUT2D eigenvalue weighted by Crippen LogP contribution is 2.30. The Morgan fingerprint density at radius 3 is 2.82 bits per heavy atom. The summed E-state index contributed by atoms with van der Waals surface area (Å²) in [6, 6.07) is 9.99. The molecule has 0 spiro atoms. The van der Waals surface area contributed by atoms with Gasteiger partial charge >= 0.3 is 5.97 Å². The Morgan fingerprint density at radius 1 is 1.12 bits per heavy atom. The molecule has 1 aliphatic heterocycles. The van der Waals surface area contributed by atoms with Crippen molar-refractivity contribution in [2.75, 3.05) is 26.7 Å². The maximum absolute atomic E-state index is 12.0. The first-order valence-electron chi connectivity index (χ1n) is 12.3. The molecule has 1 aromatic carbocycles. The molecule has 1 fully saturated rings. The number of carboxylic acids is 1. The summed E-state index contributed by atoms with van der Waals surface area (Å²) in [5.41, 5.74) is 3.28. The van der Waals surface area contributed by atoms with Crippen LogP contribution in [0.15, 0.2) is 49.1 Å². The summed E-state index contributed by atoms with van der Waals surface area (Å²) in [7, 11) is 1.67. The quantitative estimate of drug-likeness (QED) is 0.423. The third-order valence-electron chi connectivity index (χ3n) is 7.02. The number of carbonyl (C=O) groups is 1. The molecule has 0 amide bonds. The third kappa shape index (κ3) is 6.29. The van der Waals surface area contributed by atoms with Gasteiger partial charge in [-0.25, -0.2) is 9.97 Å². The highest BCUT2D eigenvalue weighted by Gasteiger charge is 2.33. The number of methoxy groups -OCH3 is 1. The van der Waals surface area contributed by atoms with Gasteiger partial charge in [-0.15, -0.1) is 0 Å². The van der Waals surface area contributed by atoms with Crippen molar-refractivity contribution in [1.29, 1.82) is 0 Å². The summed E-state index contributed by atoms with van der Waals surface area (Å²) >= 11 is 0. The van der Waals surface area contributed by atoms with Crippen LogP contribution in [0.25, 0.3) is 10.9 Å². The molecule has 4 rings (SSSR count). The molecule has 0 bridgehead atoms. The fourth-order valence-corrected chi connectivity index (χ4v) is 5.09. The van der Waals surface area contributed by atoms with Gasteiger partial charge in [0.05, 0.1) is 18.5 Å². The van der Waals surface area contributed by atoms with Crippen LogP contribution in [0.1, 0.15) is 43.4 Å². The van der Waals surface area contributed by atoms with Crippen molar-refractivity contribution < 1.29 is 14.6 Å². The van der Waals surface area contributed by atoms with Crippen LogP contribution in [0.5, 0.6) is 5.75 Å². The zero-order valence-electron chi connectivity index (χ0n) is 19.9. The van der Waals surface area contributed by atoms with Crippen molar-refractivity contribution in [2.24, 2.45) is 11.8 Å². The van der Waals surface area contributed by atoms with E-state index in [1.54, 1.807) is 19.6 Å². The number of pyridine rings is 1. The summed E-state index contributed by atoms with van der Waals surface area (Å²) in [5.74, 6) is 0.120. The number of fused-ring (bicyclic) bond motifs is 1. The number of likely N-dealkylation sites (tertiary alicyclic amines) is 1. The number of nitrogens with zero attached hydrogens (tertiary/aromatic N) is 4. The van der Waals surface area contributed by atoms with E-state index in [2.05, 4.69) is 25.9 Å². The van der Waals surface area contributed by atoms with Crippen molar-refractivity contribution >= 4 is 16.9 Å². The average Bonchev–Trinajstić information content (AvgIpc) is 2.87. The van der Waals surface area contributed by atoms with Gasteiger partial charge in [-0.3, -0.25) is 9.78 Å². The van der Waals surface area contributed by atoms with Crippen molar-refractivity contribution in [3.63, 3.8) is 0 Å². The number of aromatic nitrogens is 3. The number of benzene rings is 1. The molecule has 34 heavy (non-hydrogen) atoms. The summed E-state index contributed by atoms with van der Waals surface area (Å²) in [6.07, 6.45) is 12.1. The molecule has 7 heteroatoms. The Kier molecular flexibility index (Phi) is 8.41. The van der Waals surface area contributed by atoms with E-state index in [1.807, 2.05) is 30.5 Å². The van der Waals surface area contributed by atoms with E-state index in [-0.39, 0.29) is 11.8 Å². The molecule has 2 aromatic heterocycles. The van der Waals surface area contributed by atoms with Gasteiger partial charge in [0.1, 0.15) is 12.1 Å². The van der Waals surface area contributed by atoms with E-state index >= 15 is 0 Å². The molecular weight excluding hydrogens is 428 g/mol. The lowest BCUT2D eigenvalue weighted by Gasteiger charge is -2.36. The van der Waals surface area contributed by atoms with Crippen molar-refractivity contribution in [1.82, 2.24) is 19.9 Å². The highest BCUT2D eigenvalue weighted by molar-refractivity contribution is 5.83. The second-order valence-electron chi connectivity index (χ2n) is 9.20. The Balaban J connectivity index is 1.26. The number of aryl methyl sites for hydroxylation is 2. The van der Waals surface area contributed by atoms with Gasteiger partial charge in [0.25, 0.3) is 0 Å². The van der Waals surface area contributed by atoms with Gasteiger partial charge in [-0.1, -0.05) is 0 Å². The van der Waals surface area contributed by atoms with E-state index < -0.39 is 5.97 Å². The monoisotopic (exact) mass is 462 g/mol. The molecule has 0 saturated carbocycles. The molecule has 0 aliphatic carbocycles. The molecule has 1 saturated heterocycles. The minimum atomic E-state index is -0.658. The lowest BCUT2D eigenvalue weighted by molar-refractivity contribution is -0.146. The van der Waals surface area contributed by atoms with Gasteiger partial charge < -0.3 is 14.7 Å². The predicted molar refractivity (Wildman–Crippen MR) is 132 cm³/mol. The molecule has 2 atom stereocenters. The van der Waals surface area contributed by atoms with Gasteiger partial charge in [-0.05, 0) is 99.8 Å². The molecule has 3 aromatic rings. The average molecular weight is 463 g/mol. The number of aliphatic carboxylic acids is 1. The summed E-state index contributed by atoms with van der Waals surface area (Å²) in [4.78, 5) is 27.1. The fourth-order valence-electron chi connectivity index (χ4n) is 5.09. The van der Waals surface area contributed by atoms with Crippen LogP contribution in [-0.4, -0.2) is 57.7 Å². The van der Waals surface area contributed by atoms with Crippen molar-refractivity contribution in [3.8, 4) is 5.75 Å². The molecular formula is C27H34N4O3. The smallest absolute Gasteiger partial charge is 0.308 e. The maximum Gasteiger partial charge on any atom is 0.308 e. The molecule has 0 unspecified atom stereocenters. The number of piperidine rings is 1. The first-order valence-corrected chi connectivity index (χ1v) is 12.3. The third-order valence-corrected chi connectivity index (χ3v) is 7.02. The first kappa shape index (κ1) is 24.1. The van der Waals surface area contributed by atoms with Crippen LogP contribution in [-0.2, 0) is 17.6 Å². The van der Waals surface area contributed by atoms with Crippen LogP contribution in [0.4, 0.5) is 0 Å². The van der Waals surface area contributed by atoms with Gasteiger partial charge in [0.15, 0.2) is 0 Å². The zero-order chi connectivity index (χ0) is 23.8. The molecule has 1 aliphatic rings. The standard InChI is InChI=1S/C27H34N4O3/c1-34-23-8-9-26-24(17-23)20(10-14-29-26)5-4-6-21-12-16-31(18-25(21)27(32)33)15-3-2-7-22-11-13-28-19-30-22/h8-11,13-14,17,19,21,25H,2-7,12,15-16,18H2,1H3,(H,32,33)/t21-,25+/m1/s1. The lowest BCUT2D eigenvalue weighted by Crippen LogP contribution is -2.44. The van der Waals surface area contributed by atoms with E-state index in [4.69, 9.17) is 4.74 Å². The maximum atomic E-state index is 12.0. The lowest BCUT2D eigenvalue weighted by atomic mass is 9.81. The SMILES string of the molecule is COc1ccc2nccc(CCC[C@@H]3CCN(CCCCc4ccncn4)C[C@@H]3C(=O)O)c2c1. The van der Waals surface area contributed by atoms with Gasteiger partial charge in [-0.2, -0.15) is 0 Å². The molecule has 1 N–H and O–H groups in total. The van der Waals surface area contributed by atoms with Crippen LogP contribution >= 0.6 is 0 Å². The van der Waals surface area contributed by atoms with E-state index in [0.29, 0.717) is 6.54 Å². The zero-order valence-corrected chi connectivity index (χ0v) is 19.9. The number of ether oxygens (including phenoxy) is 1. The number of rotatable bonds is 11. The second kappa shape index (κ2) is 11.9. The summed E-state index contributed by atoms with van der Waals surface area (Å²) in [5, 5.41) is 11.0. The number of hydrogen-bond acceptors (Lipinski definition) is 6. The van der Waals surface area contributed by atoms with Gasteiger partial charge in [0.2, 0.25) is 0 Å². The molecule has 3 heterocycles. The van der Waals surface area contributed by atoms with E-state index in [0.717, 1.165) is 80.4 Å². The van der Waals surface area contributed by atoms with Crippen molar-refractivity contribution in [3.05, 3.63) is 60.3 Å². The molecule has 7 nitrogen and oxygen atoms in total. The van der Waals surface area contributed by atoms with E-state index in [9.17, 15) is 9.90 Å². The fraction of sp³-hybridized carbons (Fsp3) is 0.481. The molecule has 180 valence electrons. The minimum Gasteiger partial charge on any atom is -0.497 e. The largest absolute Gasteiger partial charge is 0.497 e. The number of unbranched alkanes of at least 4 members (excludes halogenated alkanes) is 1. The van der Waals surface area contributed by atoms with Crippen LogP contribution < -0.4 is 4.74 Å². The van der Waals surface area contributed by atoms with Crippen LogP contribution in [0.2, 0.25) is 0 Å². The Bertz CT molecular complexity index is 1080. The summed E-state index contributed by atoms with van der Waals surface area (Å²) < 4.78 is 5.38. The Hall–Kier alpha value is -3.06. The van der Waals surface area contributed by atoms with Crippen LogP contribution in [0.3, 0.4) is 0 Å². The van der Waals surface area contributed by atoms with Gasteiger partial charge in [0, 0.05) is 30.0 Å². The Labute approximate surface area is 201 Å².